The lowest BCUT2D eigenvalue weighted by molar-refractivity contribution is -0.110. The van der Waals surface area contributed by atoms with E-state index >= 15 is 0 Å². The number of carbonyl (C=O) groups excluding carboxylic acids is 2. The number of likely N-dealkylation sites (N-methyl/N-ethyl adjacent to an activating group) is 1. The molecule has 0 aromatic heterocycles. The molecule has 0 saturated heterocycles. The van der Waals surface area contributed by atoms with Crippen LogP contribution in [0, 0.1) is 0 Å². The van der Waals surface area contributed by atoms with Gasteiger partial charge in [0.1, 0.15) is 5.75 Å². The van der Waals surface area contributed by atoms with Crippen molar-refractivity contribution < 1.29 is 19.8 Å². The number of amides is 1. The summed E-state index contributed by atoms with van der Waals surface area (Å²) in [4.78, 5) is 27.0. The molecule has 1 amide bonds. The molecule has 8 heteroatoms. The third kappa shape index (κ3) is 4.78. The zero-order valence-corrected chi connectivity index (χ0v) is 18.9. The van der Waals surface area contributed by atoms with Crippen molar-refractivity contribution >= 4 is 60.9 Å². The summed E-state index contributed by atoms with van der Waals surface area (Å²) in [5.74, 6) is -0.239. The number of phenolic OH excluding ortho intramolecular Hbond substituents is 1. The van der Waals surface area contributed by atoms with Gasteiger partial charge in [-0.2, -0.15) is 0 Å². The minimum Gasteiger partial charge on any atom is -0.506 e. The van der Waals surface area contributed by atoms with Crippen LogP contribution in [0.25, 0.3) is 11.6 Å². The first-order valence-electron chi connectivity index (χ1n) is 9.06. The predicted molar refractivity (Wildman–Crippen MR) is 120 cm³/mol. The Morgan fingerprint density at radius 2 is 1.90 bits per heavy atom. The van der Waals surface area contributed by atoms with Crippen LogP contribution in [-0.4, -0.2) is 53.0 Å². The molecule has 0 saturated carbocycles. The number of benzene rings is 2. The van der Waals surface area contributed by atoms with Gasteiger partial charge in [-0.15, -0.1) is 0 Å². The fraction of sp³-hybridized carbons (Fsp3) is 0.238. The summed E-state index contributed by atoms with van der Waals surface area (Å²) in [6.45, 7) is 3.22. The van der Waals surface area contributed by atoms with Crippen LogP contribution < -0.4 is 5.32 Å². The Kier molecular flexibility index (Phi) is 6.89. The Morgan fingerprint density at radius 3 is 2.52 bits per heavy atom. The summed E-state index contributed by atoms with van der Waals surface area (Å²) >= 11 is 6.58. The highest BCUT2D eigenvalue weighted by molar-refractivity contribution is 9.11. The highest BCUT2D eigenvalue weighted by atomic mass is 79.9. The molecule has 0 atom stereocenters. The van der Waals surface area contributed by atoms with E-state index in [4.69, 9.17) is 5.11 Å². The third-order valence-electron chi connectivity index (χ3n) is 4.71. The van der Waals surface area contributed by atoms with E-state index < -0.39 is 0 Å². The predicted octanol–water partition coefficient (Wildman–Crippen LogP) is 3.91. The highest BCUT2D eigenvalue weighted by Gasteiger charge is 2.25. The van der Waals surface area contributed by atoms with E-state index in [1.165, 1.54) is 0 Å². The molecule has 0 aliphatic carbocycles. The topological polar surface area (TPSA) is 89.9 Å². The highest BCUT2D eigenvalue weighted by Crippen LogP contribution is 2.37. The van der Waals surface area contributed by atoms with Gasteiger partial charge in [0.05, 0.1) is 22.1 Å². The smallest absolute Gasteiger partial charge is 0.256 e. The molecule has 0 spiro atoms. The van der Waals surface area contributed by atoms with Crippen LogP contribution in [0.4, 0.5) is 5.69 Å². The number of carbonyl (C=O) groups is 2. The van der Waals surface area contributed by atoms with Crippen LogP contribution in [0.3, 0.4) is 0 Å². The number of ketones is 1. The number of nitrogens with one attached hydrogen (secondary N) is 1. The van der Waals surface area contributed by atoms with E-state index in [1.54, 1.807) is 36.4 Å². The zero-order valence-electron chi connectivity index (χ0n) is 15.7. The maximum atomic E-state index is 12.7. The molecule has 1 aliphatic rings. The Balaban J connectivity index is 1.94. The van der Waals surface area contributed by atoms with Crippen molar-refractivity contribution in [3.63, 3.8) is 0 Å². The van der Waals surface area contributed by atoms with Gasteiger partial charge in [-0.05, 0) is 80.4 Å². The number of aromatic hydroxyl groups is 1. The number of nitrogens with zero attached hydrogens (tertiary/aromatic N) is 1. The Labute approximate surface area is 185 Å². The third-order valence-corrected chi connectivity index (χ3v) is 5.91. The fourth-order valence-corrected chi connectivity index (χ4v) is 4.35. The zero-order chi connectivity index (χ0) is 21.1. The summed E-state index contributed by atoms with van der Waals surface area (Å²) in [5.41, 5.74) is 2.98. The lowest BCUT2D eigenvalue weighted by atomic mass is 10.00. The number of fused-ring (bicyclic) bond motifs is 1. The van der Waals surface area contributed by atoms with Crippen molar-refractivity contribution in [2.45, 2.75) is 6.92 Å². The van der Waals surface area contributed by atoms with Gasteiger partial charge in [0.15, 0.2) is 5.78 Å². The number of hydrogen-bond donors (Lipinski definition) is 3. The Morgan fingerprint density at radius 1 is 1.21 bits per heavy atom. The van der Waals surface area contributed by atoms with E-state index in [-0.39, 0.29) is 30.6 Å². The molecule has 6 nitrogen and oxygen atoms in total. The van der Waals surface area contributed by atoms with Gasteiger partial charge in [0.2, 0.25) is 0 Å². The van der Waals surface area contributed by atoms with Crippen molar-refractivity contribution in [3.8, 4) is 5.75 Å². The molecule has 2 aromatic rings. The van der Waals surface area contributed by atoms with Crippen LogP contribution in [0.5, 0.6) is 5.75 Å². The van der Waals surface area contributed by atoms with E-state index in [0.717, 1.165) is 5.56 Å². The van der Waals surface area contributed by atoms with Crippen molar-refractivity contribution in [1.29, 1.82) is 0 Å². The van der Waals surface area contributed by atoms with Gasteiger partial charge in [-0.1, -0.05) is 6.92 Å². The number of halogens is 2. The first-order valence-corrected chi connectivity index (χ1v) is 10.6. The molecule has 0 fully saturated rings. The number of rotatable bonds is 7. The molecule has 0 radical (unpaired) electrons. The summed E-state index contributed by atoms with van der Waals surface area (Å²) in [5, 5.41) is 21.8. The average molecular weight is 524 g/mol. The molecule has 0 bridgehead atoms. The van der Waals surface area contributed by atoms with E-state index in [1.807, 2.05) is 11.8 Å². The first kappa shape index (κ1) is 21.7. The summed E-state index contributed by atoms with van der Waals surface area (Å²) in [6.07, 6.45) is 1.72. The molecule has 29 heavy (non-hydrogen) atoms. The lowest BCUT2D eigenvalue weighted by Crippen LogP contribution is -2.32. The average Bonchev–Trinajstić information content (AvgIpc) is 3.00. The second-order valence-corrected chi connectivity index (χ2v) is 8.33. The molecule has 1 aliphatic heterocycles. The first-order chi connectivity index (χ1) is 13.8. The number of Topliss-reactive ketones (excluding diaryl/α,β-unsaturated/α-hetero) is 1. The Bertz CT molecular complexity index is 981. The van der Waals surface area contributed by atoms with Gasteiger partial charge in [-0.25, -0.2) is 0 Å². The lowest BCUT2D eigenvalue weighted by Gasteiger charge is -2.18. The number of phenols is 1. The number of hydrogen-bond acceptors (Lipinski definition) is 5. The molecule has 152 valence electrons. The van der Waals surface area contributed by atoms with Gasteiger partial charge >= 0.3 is 0 Å². The SMILES string of the molecule is CCN(CCO)CC(=O)c1ccc2c(c1)C(=Cc1cc(Br)c(O)c(Br)c1)C(=O)N2. The molecular formula is C21H20Br2N2O4. The number of aliphatic hydroxyl groups excluding tert-OH is 1. The summed E-state index contributed by atoms with van der Waals surface area (Å²) in [7, 11) is 0. The van der Waals surface area contributed by atoms with Crippen LogP contribution >= 0.6 is 31.9 Å². The fourth-order valence-electron chi connectivity index (χ4n) is 3.12. The molecule has 2 aromatic carbocycles. The maximum absolute atomic E-state index is 12.7. The van der Waals surface area contributed by atoms with Crippen LogP contribution in [0.15, 0.2) is 39.3 Å². The van der Waals surface area contributed by atoms with Crippen LogP contribution in [0.2, 0.25) is 0 Å². The summed E-state index contributed by atoms with van der Waals surface area (Å²) < 4.78 is 1.01. The molecular weight excluding hydrogens is 504 g/mol. The van der Waals surface area contributed by atoms with Crippen molar-refractivity contribution in [2.24, 2.45) is 0 Å². The molecule has 1 heterocycles. The number of aliphatic hydroxyl groups is 1. The Hall–Kier alpha value is -2.00. The van der Waals surface area contributed by atoms with E-state index in [9.17, 15) is 14.7 Å². The minimum absolute atomic E-state index is 0.00559. The van der Waals surface area contributed by atoms with Gasteiger partial charge in [0, 0.05) is 28.9 Å². The summed E-state index contributed by atoms with van der Waals surface area (Å²) in [6, 6.07) is 8.57. The van der Waals surface area contributed by atoms with Crippen LogP contribution in [0.1, 0.15) is 28.4 Å². The van der Waals surface area contributed by atoms with Crippen molar-refractivity contribution in [1.82, 2.24) is 4.90 Å². The number of anilines is 1. The van der Waals surface area contributed by atoms with Crippen molar-refractivity contribution in [2.75, 3.05) is 31.6 Å². The van der Waals surface area contributed by atoms with E-state index in [0.29, 0.717) is 44.4 Å². The van der Waals surface area contributed by atoms with Gasteiger partial charge < -0.3 is 15.5 Å². The molecule has 3 N–H and O–H groups in total. The van der Waals surface area contributed by atoms with Crippen LogP contribution in [-0.2, 0) is 4.79 Å². The normalized spacial score (nSPS) is 14.4. The largest absolute Gasteiger partial charge is 0.506 e. The molecule has 0 unspecified atom stereocenters. The minimum atomic E-state index is -0.250. The maximum Gasteiger partial charge on any atom is 0.256 e. The van der Waals surface area contributed by atoms with E-state index in [2.05, 4.69) is 37.2 Å². The second-order valence-electron chi connectivity index (χ2n) is 6.62. The second kappa shape index (κ2) is 9.21. The molecule has 3 rings (SSSR count). The van der Waals surface area contributed by atoms with Gasteiger partial charge in [0.25, 0.3) is 5.91 Å². The standard InChI is InChI=1S/C21H20Br2N2O4/c1-2-25(5-6-26)11-19(27)13-3-4-18-14(10-13)15(21(29)24-18)7-12-8-16(22)20(28)17(23)9-12/h3-4,7-10,26,28H,2,5-6,11H2,1H3,(H,24,29). The quantitative estimate of drug-likeness (QED) is 0.378. The van der Waals surface area contributed by atoms with Gasteiger partial charge in [-0.3, -0.25) is 14.5 Å². The van der Waals surface area contributed by atoms with Crippen molar-refractivity contribution in [3.05, 3.63) is 56.0 Å². The monoisotopic (exact) mass is 522 g/mol.